The summed E-state index contributed by atoms with van der Waals surface area (Å²) >= 11 is 0. The summed E-state index contributed by atoms with van der Waals surface area (Å²) in [5, 5.41) is 3.04. The largest absolute Gasteiger partial charge is 0.326 e. The standard InChI is InChI=1S/C21H25N3O/c1-13(2)12-17-18(21(17,4)5)20(25)24-16-8-6-15(7-9-16)19-22-11-10-14(3)23-19/h6-12,17-18H,1-5H3,(H,24,25)/t17-,18+/m1/s1. The number of benzene rings is 1. The number of aromatic nitrogens is 2. The highest BCUT2D eigenvalue weighted by atomic mass is 16.2. The summed E-state index contributed by atoms with van der Waals surface area (Å²) < 4.78 is 0. The van der Waals surface area contributed by atoms with Crippen LogP contribution in [0.4, 0.5) is 5.69 Å². The van der Waals surface area contributed by atoms with Crippen LogP contribution in [0.2, 0.25) is 0 Å². The summed E-state index contributed by atoms with van der Waals surface area (Å²) in [5.74, 6) is 1.14. The second-order valence-corrected chi connectivity index (χ2v) is 7.66. The molecule has 0 bridgehead atoms. The zero-order chi connectivity index (χ0) is 18.2. The van der Waals surface area contributed by atoms with Crippen LogP contribution in [-0.4, -0.2) is 15.9 Å². The first kappa shape index (κ1) is 17.3. The van der Waals surface area contributed by atoms with Crippen molar-refractivity contribution in [3.8, 4) is 11.4 Å². The lowest BCUT2D eigenvalue weighted by molar-refractivity contribution is -0.118. The van der Waals surface area contributed by atoms with Gasteiger partial charge in [0.15, 0.2) is 5.82 Å². The van der Waals surface area contributed by atoms with Crippen molar-refractivity contribution in [2.24, 2.45) is 17.3 Å². The Morgan fingerprint density at radius 1 is 1.16 bits per heavy atom. The van der Waals surface area contributed by atoms with E-state index in [0.717, 1.165) is 16.9 Å². The summed E-state index contributed by atoms with van der Waals surface area (Å²) in [4.78, 5) is 21.3. The first-order valence-electron chi connectivity index (χ1n) is 8.65. The lowest BCUT2D eigenvalue weighted by Crippen LogP contribution is -2.16. The molecule has 0 radical (unpaired) electrons. The minimum Gasteiger partial charge on any atom is -0.326 e. The normalized spacial score (nSPS) is 20.7. The van der Waals surface area contributed by atoms with Gasteiger partial charge in [-0.3, -0.25) is 4.79 Å². The second-order valence-electron chi connectivity index (χ2n) is 7.66. The third-order valence-corrected chi connectivity index (χ3v) is 4.91. The molecule has 0 aliphatic heterocycles. The molecule has 1 aliphatic rings. The Morgan fingerprint density at radius 2 is 1.84 bits per heavy atom. The summed E-state index contributed by atoms with van der Waals surface area (Å²) in [7, 11) is 0. The van der Waals surface area contributed by atoms with Gasteiger partial charge in [-0.1, -0.05) is 25.5 Å². The van der Waals surface area contributed by atoms with Crippen LogP contribution < -0.4 is 5.32 Å². The molecule has 4 nitrogen and oxygen atoms in total. The highest BCUT2D eigenvalue weighted by molar-refractivity contribution is 5.96. The molecular formula is C21H25N3O. The van der Waals surface area contributed by atoms with Crippen LogP contribution in [0.25, 0.3) is 11.4 Å². The maximum atomic E-state index is 12.6. The van der Waals surface area contributed by atoms with Crippen LogP contribution in [0.5, 0.6) is 0 Å². The van der Waals surface area contributed by atoms with Gasteiger partial charge in [0.2, 0.25) is 5.91 Å². The number of aryl methyl sites for hydroxylation is 1. The number of allylic oxidation sites excluding steroid dienone is 2. The van der Waals surface area contributed by atoms with E-state index in [1.165, 1.54) is 5.57 Å². The van der Waals surface area contributed by atoms with E-state index < -0.39 is 0 Å². The van der Waals surface area contributed by atoms with Crippen molar-refractivity contribution < 1.29 is 4.79 Å². The number of hydrogen-bond donors (Lipinski definition) is 1. The van der Waals surface area contributed by atoms with Crippen molar-refractivity contribution in [3.05, 3.63) is 53.9 Å². The van der Waals surface area contributed by atoms with Crippen molar-refractivity contribution in [2.75, 3.05) is 5.32 Å². The molecule has 1 N–H and O–H groups in total. The number of amides is 1. The molecule has 0 unspecified atom stereocenters. The molecule has 2 atom stereocenters. The number of carbonyl (C=O) groups excluding carboxylic acids is 1. The monoisotopic (exact) mass is 335 g/mol. The van der Waals surface area contributed by atoms with Crippen LogP contribution in [0.15, 0.2) is 48.2 Å². The number of hydrogen-bond acceptors (Lipinski definition) is 3. The van der Waals surface area contributed by atoms with E-state index in [0.29, 0.717) is 11.7 Å². The zero-order valence-electron chi connectivity index (χ0n) is 15.5. The average Bonchev–Trinajstić information content (AvgIpc) is 3.08. The van der Waals surface area contributed by atoms with Crippen molar-refractivity contribution >= 4 is 11.6 Å². The molecule has 1 aromatic carbocycles. The van der Waals surface area contributed by atoms with Crippen molar-refractivity contribution in [1.82, 2.24) is 9.97 Å². The molecule has 1 fully saturated rings. The summed E-state index contributed by atoms with van der Waals surface area (Å²) in [6.45, 7) is 10.4. The fraction of sp³-hybridized carbons (Fsp3) is 0.381. The third-order valence-electron chi connectivity index (χ3n) is 4.91. The van der Waals surface area contributed by atoms with E-state index in [1.54, 1.807) is 6.20 Å². The van der Waals surface area contributed by atoms with E-state index in [9.17, 15) is 4.79 Å². The fourth-order valence-corrected chi connectivity index (χ4v) is 3.36. The van der Waals surface area contributed by atoms with Gasteiger partial charge in [-0.05, 0) is 62.4 Å². The second kappa shape index (κ2) is 6.43. The van der Waals surface area contributed by atoms with Gasteiger partial charge in [0.05, 0.1) is 5.92 Å². The predicted octanol–water partition coefficient (Wildman–Crippen LogP) is 4.63. The predicted molar refractivity (Wildman–Crippen MR) is 101 cm³/mol. The number of nitrogens with one attached hydrogen (secondary N) is 1. The average molecular weight is 335 g/mol. The van der Waals surface area contributed by atoms with E-state index in [2.05, 4.69) is 49.1 Å². The van der Waals surface area contributed by atoms with Crippen molar-refractivity contribution in [2.45, 2.75) is 34.6 Å². The Kier molecular flexibility index (Phi) is 4.46. The van der Waals surface area contributed by atoms with Gasteiger partial charge in [0.25, 0.3) is 0 Å². The quantitative estimate of drug-likeness (QED) is 0.829. The number of carbonyl (C=O) groups is 1. The minimum atomic E-state index is 0.0245. The van der Waals surface area contributed by atoms with Gasteiger partial charge in [0, 0.05) is 23.1 Å². The Hall–Kier alpha value is -2.49. The molecule has 130 valence electrons. The maximum absolute atomic E-state index is 12.6. The summed E-state index contributed by atoms with van der Waals surface area (Å²) in [6, 6.07) is 9.57. The smallest absolute Gasteiger partial charge is 0.228 e. The van der Waals surface area contributed by atoms with Crippen LogP contribution >= 0.6 is 0 Å². The molecule has 1 aliphatic carbocycles. The SMILES string of the molecule is CC(C)=C[C@@H]1[C@@H](C(=O)Nc2ccc(-c3nccc(C)n3)cc2)C1(C)C. The van der Waals surface area contributed by atoms with Crippen LogP contribution in [0, 0.1) is 24.2 Å². The first-order valence-corrected chi connectivity index (χ1v) is 8.65. The number of rotatable bonds is 4. The molecule has 0 saturated heterocycles. The van der Waals surface area contributed by atoms with Crippen molar-refractivity contribution in [1.29, 1.82) is 0 Å². The van der Waals surface area contributed by atoms with Gasteiger partial charge in [-0.15, -0.1) is 0 Å². The highest BCUT2D eigenvalue weighted by Crippen LogP contribution is 2.59. The topological polar surface area (TPSA) is 54.9 Å². The van der Waals surface area contributed by atoms with E-state index in [4.69, 9.17) is 0 Å². The van der Waals surface area contributed by atoms with Gasteiger partial charge < -0.3 is 5.32 Å². The Labute approximate surface area is 149 Å². The molecule has 1 aromatic heterocycles. The fourth-order valence-electron chi connectivity index (χ4n) is 3.36. The Bertz CT molecular complexity index is 817. The van der Waals surface area contributed by atoms with E-state index >= 15 is 0 Å². The van der Waals surface area contributed by atoms with Crippen LogP contribution in [0.3, 0.4) is 0 Å². The lowest BCUT2D eigenvalue weighted by Gasteiger charge is -2.07. The van der Waals surface area contributed by atoms with E-state index in [-0.39, 0.29) is 17.2 Å². The number of anilines is 1. The molecular weight excluding hydrogens is 310 g/mol. The zero-order valence-corrected chi connectivity index (χ0v) is 15.5. The Balaban J connectivity index is 1.70. The highest BCUT2D eigenvalue weighted by Gasteiger charge is 2.60. The molecule has 0 spiro atoms. The summed E-state index contributed by atoms with van der Waals surface area (Å²) in [5.41, 5.74) is 3.96. The minimum absolute atomic E-state index is 0.0245. The van der Waals surface area contributed by atoms with E-state index in [1.807, 2.05) is 37.3 Å². The maximum Gasteiger partial charge on any atom is 0.228 e. The molecule has 1 heterocycles. The molecule has 2 aromatic rings. The van der Waals surface area contributed by atoms with Gasteiger partial charge in [-0.25, -0.2) is 9.97 Å². The van der Waals surface area contributed by atoms with Crippen LogP contribution in [0.1, 0.15) is 33.4 Å². The van der Waals surface area contributed by atoms with Gasteiger partial charge in [-0.2, -0.15) is 0 Å². The molecule has 4 heteroatoms. The molecule has 25 heavy (non-hydrogen) atoms. The number of nitrogens with zero attached hydrogens (tertiary/aromatic N) is 2. The van der Waals surface area contributed by atoms with Gasteiger partial charge >= 0.3 is 0 Å². The lowest BCUT2D eigenvalue weighted by atomic mass is 10.1. The summed E-state index contributed by atoms with van der Waals surface area (Å²) in [6.07, 6.45) is 3.97. The van der Waals surface area contributed by atoms with Crippen molar-refractivity contribution in [3.63, 3.8) is 0 Å². The van der Waals surface area contributed by atoms with Crippen LogP contribution in [-0.2, 0) is 4.79 Å². The molecule has 1 amide bonds. The molecule has 3 rings (SSSR count). The molecule has 1 saturated carbocycles. The third kappa shape index (κ3) is 3.63. The first-order chi connectivity index (χ1) is 11.8. The Morgan fingerprint density at radius 3 is 2.44 bits per heavy atom. The van der Waals surface area contributed by atoms with Gasteiger partial charge in [0.1, 0.15) is 0 Å².